The number of hydrogen-bond acceptors (Lipinski definition) is 3. The van der Waals surface area contributed by atoms with Gasteiger partial charge in [0.1, 0.15) is 5.52 Å². The minimum atomic E-state index is 0.0583. The number of carbonyl (C=O) groups excluding carboxylic acids is 1. The Hall–Kier alpha value is -1.97. The number of unbranched alkanes of at least 4 members (excludes halogenated alkanes) is 16. The molecule has 2 aromatic rings. The lowest BCUT2D eigenvalue weighted by atomic mass is 10.0. The average molecular weight is 454 g/mol. The number of hydrogen-bond donors (Lipinski definition) is 0. The SMILES string of the molecule is CCCC/C=C/CCCCCCCCCCCCCCCCC(=O)n1nnc2ccccc21. The van der Waals surface area contributed by atoms with Gasteiger partial charge in [0.25, 0.3) is 0 Å². The van der Waals surface area contributed by atoms with Gasteiger partial charge < -0.3 is 0 Å². The molecule has 0 saturated heterocycles. The number of nitrogens with zero attached hydrogens (tertiary/aromatic N) is 3. The van der Waals surface area contributed by atoms with Crippen molar-refractivity contribution in [3.63, 3.8) is 0 Å². The van der Waals surface area contributed by atoms with Crippen molar-refractivity contribution >= 4 is 16.9 Å². The molecule has 0 saturated carbocycles. The second kappa shape index (κ2) is 18.5. The largest absolute Gasteiger partial charge is 0.273 e. The van der Waals surface area contributed by atoms with Crippen molar-refractivity contribution in [1.82, 2.24) is 15.0 Å². The van der Waals surface area contributed by atoms with Gasteiger partial charge in [0.05, 0.1) is 5.52 Å². The molecule has 4 heteroatoms. The number of para-hydroxylation sites is 1. The van der Waals surface area contributed by atoms with Gasteiger partial charge in [-0.05, 0) is 37.8 Å². The quantitative estimate of drug-likeness (QED) is 0.148. The molecule has 0 radical (unpaired) electrons. The molecule has 0 bridgehead atoms. The Kier molecular flexibility index (Phi) is 15.3. The Labute approximate surface area is 202 Å². The number of rotatable bonds is 20. The monoisotopic (exact) mass is 453 g/mol. The summed E-state index contributed by atoms with van der Waals surface area (Å²) in [6.07, 6.45) is 29.0. The van der Waals surface area contributed by atoms with Crippen LogP contribution < -0.4 is 0 Å². The third-order valence-electron chi connectivity index (χ3n) is 6.49. The van der Waals surface area contributed by atoms with Gasteiger partial charge in [-0.3, -0.25) is 4.79 Å². The Bertz CT molecular complexity index is 780. The Morgan fingerprint density at radius 1 is 0.727 bits per heavy atom. The maximum atomic E-state index is 12.4. The van der Waals surface area contributed by atoms with Crippen molar-refractivity contribution in [1.29, 1.82) is 0 Å². The predicted molar refractivity (Wildman–Crippen MR) is 141 cm³/mol. The van der Waals surface area contributed by atoms with Gasteiger partial charge in [0, 0.05) is 6.42 Å². The second-order valence-electron chi connectivity index (χ2n) is 9.49. The van der Waals surface area contributed by atoms with Crippen LogP contribution in [0.4, 0.5) is 0 Å². The summed E-state index contributed by atoms with van der Waals surface area (Å²) < 4.78 is 1.46. The van der Waals surface area contributed by atoms with Gasteiger partial charge in [-0.2, -0.15) is 4.68 Å². The normalized spacial score (nSPS) is 11.7. The zero-order valence-corrected chi connectivity index (χ0v) is 21.1. The molecule has 33 heavy (non-hydrogen) atoms. The first-order valence-electron chi connectivity index (χ1n) is 13.8. The first-order valence-corrected chi connectivity index (χ1v) is 13.8. The molecule has 0 unspecified atom stereocenters. The maximum Gasteiger partial charge on any atom is 0.248 e. The molecule has 0 aliphatic rings. The van der Waals surface area contributed by atoms with Gasteiger partial charge in [-0.15, -0.1) is 5.10 Å². The van der Waals surface area contributed by atoms with E-state index in [0.717, 1.165) is 23.9 Å². The number of carbonyl (C=O) groups is 1. The number of aromatic nitrogens is 3. The highest BCUT2D eigenvalue weighted by atomic mass is 16.2. The van der Waals surface area contributed by atoms with E-state index in [0.29, 0.717) is 6.42 Å². The molecule has 2 rings (SSSR count). The number of benzene rings is 1. The van der Waals surface area contributed by atoms with E-state index in [-0.39, 0.29) is 5.91 Å². The smallest absolute Gasteiger partial charge is 0.248 e. The summed E-state index contributed by atoms with van der Waals surface area (Å²) in [5, 5.41) is 8.08. The Morgan fingerprint density at radius 3 is 1.85 bits per heavy atom. The third kappa shape index (κ3) is 12.2. The third-order valence-corrected chi connectivity index (χ3v) is 6.49. The second-order valence-corrected chi connectivity index (χ2v) is 9.49. The maximum absolute atomic E-state index is 12.4. The van der Waals surface area contributed by atoms with Gasteiger partial charge in [0.2, 0.25) is 5.91 Å². The van der Waals surface area contributed by atoms with Crippen LogP contribution in [0.25, 0.3) is 11.0 Å². The van der Waals surface area contributed by atoms with Crippen LogP contribution >= 0.6 is 0 Å². The van der Waals surface area contributed by atoms with Crippen molar-refractivity contribution in [2.24, 2.45) is 0 Å². The zero-order valence-electron chi connectivity index (χ0n) is 21.1. The van der Waals surface area contributed by atoms with Crippen molar-refractivity contribution < 1.29 is 4.79 Å². The van der Waals surface area contributed by atoms with Crippen LogP contribution in [0.3, 0.4) is 0 Å². The van der Waals surface area contributed by atoms with E-state index in [1.165, 1.54) is 107 Å². The fraction of sp³-hybridized carbons (Fsp3) is 0.690. The fourth-order valence-electron chi connectivity index (χ4n) is 4.38. The van der Waals surface area contributed by atoms with Crippen LogP contribution in [0, 0.1) is 0 Å². The minimum Gasteiger partial charge on any atom is -0.273 e. The summed E-state index contributed by atoms with van der Waals surface area (Å²) >= 11 is 0. The lowest BCUT2D eigenvalue weighted by Gasteiger charge is -2.04. The highest BCUT2D eigenvalue weighted by molar-refractivity contribution is 5.88. The van der Waals surface area contributed by atoms with Crippen LogP contribution in [0.15, 0.2) is 36.4 Å². The lowest BCUT2D eigenvalue weighted by molar-refractivity contribution is 0.0886. The summed E-state index contributed by atoms with van der Waals surface area (Å²) in [5.74, 6) is 0.0583. The summed E-state index contributed by atoms with van der Waals surface area (Å²) in [7, 11) is 0. The highest BCUT2D eigenvalue weighted by Gasteiger charge is 2.10. The van der Waals surface area contributed by atoms with E-state index in [4.69, 9.17) is 0 Å². The Balaban J connectivity index is 1.31. The number of allylic oxidation sites excluding steroid dienone is 2. The van der Waals surface area contributed by atoms with E-state index in [1.54, 1.807) is 0 Å². The predicted octanol–water partition coefficient (Wildman–Crippen LogP) is 9.06. The lowest BCUT2D eigenvalue weighted by Crippen LogP contribution is -2.12. The highest BCUT2D eigenvalue weighted by Crippen LogP contribution is 2.15. The molecular formula is C29H47N3O. The van der Waals surface area contributed by atoms with Gasteiger partial charge in [-0.25, -0.2) is 0 Å². The summed E-state index contributed by atoms with van der Waals surface area (Å²) in [4.78, 5) is 12.4. The molecule has 1 aromatic carbocycles. The Morgan fingerprint density at radius 2 is 1.24 bits per heavy atom. The van der Waals surface area contributed by atoms with Crippen molar-refractivity contribution in [3.8, 4) is 0 Å². The molecule has 0 aliphatic carbocycles. The molecule has 0 spiro atoms. The van der Waals surface area contributed by atoms with Crippen molar-refractivity contribution in [2.45, 2.75) is 129 Å². The molecule has 0 N–H and O–H groups in total. The molecule has 4 nitrogen and oxygen atoms in total. The van der Waals surface area contributed by atoms with Gasteiger partial charge in [-0.1, -0.05) is 126 Å². The average Bonchev–Trinajstić information content (AvgIpc) is 3.27. The molecule has 0 aliphatic heterocycles. The standard InChI is InChI=1S/C29H47N3O/c1-2-3-4-5-6-7-8-9-10-11-12-13-14-15-16-17-18-19-20-21-26-29(33)32-28-25-23-22-24-27(28)30-31-32/h5-6,22-25H,2-4,7-21,26H2,1H3/b6-5+. The molecule has 0 amide bonds. The van der Waals surface area contributed by atoms with Crippen LogP contribution in [-0.2, 0) is 0 Å². The summed E-state index contributed by atoms with van der Waals surface area (Å²) in [6.45, 7) is 2.26. The topological polar surface area (TPSA) is 47.8 Å². The molecular weight excluding hydrogens is 406 g/mol. The van der Waals surface area contributed by atoms with E-state index in [1.807, 2.05) is 24.3 Å². The molecule has 1 heterocycles. The van der Waals surface area contributed by atoms with Crippen LogP contribution in [0.2, 0.25) is 0 Å². The van der Waals surface area contributed by atoms with Crippen molar-refractivity contribution in [2.75, 3.05) is 0 Å². The fourth-order valence-corrected chi connectivity index (χ4v) is 4.38. The van der Waals surface area contributed by atoms with Crippen LogP contribution in [0.5, 0.6) is 0 Å². The first-order chi connectivity index (χ1) is 16.3. The van der Waals surface area contributed by atoms with Crippen LogP contribution in [-0.4, -0.2) is 20.9 Å². The van der Waals surface area contributed by atoms with E-state index >= 15 is 0 Å². The summed E-state index contributed by atoms with van der Waals surface area (Å²) in [6, 6.07) is 7.64. The van der Waals surface area contributed by atoms with E-state index in [9.17, 15) is 4.79 Å². The van der Waals surface area contributed by atoms with E-state index < -0.39 is 0 Å². The molecule has 1 aromatic heterocycles. The summed E-state index contributed by atoms with van der Waals surface area (Å²) in [5.41, 5.74) is 1.60. The van der Waals surface area contributed by atoms with E-state index in [2.05, 4.69) is 29.4 Å². The minimum absolute atomic E-state index is 0.0583. The van der Waals surface area contributed by atoms with Gasteiger partial charge >= 0.3 is 0 Å². The van der Waals surface area contributed by atoms with Gasteiger partial charge in [0.15, 0.2) is 0 Å². The number of fused-ring (bicyclic) bond motifs is 1. The molecule has 184 valence electrons. The zero-order chi connectivity index (χ0) is 23.4. The van der Waals surface area contributed by atoms with Crippen molar-refractivity contribution in [3.05, 3.63) is 36.4 Å². The molecule has 0 fully saturated rings. The molecule has 0 atom stereocenters. The van der Waals surface area contributed by atoms with Crippen LogP contribution in [0.1, 0.15) is 134 Å². The first kappa shape index (κ1) is 27.3.